The number of hydrogen-bond acceptors (Lipinski definition) is 7. The third-order valence-electron chi connectivity index (χ3n) is 4.26. The highest BCUT2D eigenvalue weighted by molar-refractivity contribution is 5.87. The molecule has 3 atom stereocenters. The smallest absolute Gasteiger partial charge is 0.414 e. The van der Waals surface area contributed by atoms with Gasteiger partial charge >= 0.3 is 6.09 Å². The van der Waals surface area contributed by atoms with Crippen LogP contribution in [0.25, 0.3) is 11.0 Å². The van der Waals surface area contributed by atoms with Crippen LogP contribution in [0.15, 0.2) is 12.3 Å². The molecular formula is C18H26N4O5. The molecule has 1 aliphatic heterocycles. The van der Waals surface area contributed by atoms with Gasteiger partial charge in [0.05, 0.1) is 24.7 Å². The summed E-state index contributed by atoms with van der Waals surface area (Å²) in [5.41, 5.74) is -0.0940. The highest BCUT2D eigenvalue weighted by atomic mass is 16.6. The summed E-state index contributed by atoms with van der Waals surface area (Å²) < 4.78 is 18.3. The molecule has 9 nitrogen and oxygen atoms in total. The van der Waals surface area contributed by atoms with E-state index >= 15 is 0 Å². The highest BCUT2D eigenvalue weighted by Crippen LogP contribution is 2.34. The molecule has 1 saturated heterocycles. The van der Waals surface area contributed by atoms with Crippen molar-refractivity contribution < 1.29 is 24.1 Å². The standard InChI is InChI=1S/C18H26N4O5/c1-6-12-11(23)9-13(26-12)22-8-7-10-14(22)19-16(20-15(10)25-5)21-17(24)27-18(2,3)4/h7-8,11-13,23H,6,9H2,1-5H3,(H,19,20,21,24)/t11-,12-,13-/m1/s1. The third kappa shape index (κ3) is 4.14. The van der Waals surface area contributed by atoms with Crippen LogP contribution < -0.4 is 10.1 Å². The summed E-state index contributed by atoms with van der Waals surface area (Å²) in [5.74, 6) is 0.398. The summed E-state index contributed by atoms with van der Waals surface area (Å²) in [6.07, 6.45) is 1.26. The molecule has 0 aromatic carbocycles. The zero-order chi connectivity index (χ0) is 19.8. The largest absolute Gasteiger partial charge is 0.480 e. The summed E-state index contributed by atoms with van der Waals surface area (Å²) in [7, 11) is 1.50. The van der Waals surface area contributed by atoms with E-state index in [1.807, 2.05) is 23.8 Å². The fraction of sp³-hybridized carbons (Fsp3) is 0.611. The van der Waals surface area contributed by atoms with Crippen molar-refractivity contribution in [1.29, 1.82) is 0 Å². The van der Waals surface area contributed by atoms with Crippen LogP contribution in [0.5, 0.6) is 5.88 Å². The minimum absolute atomic E-state index is 0.0686. The topological polar surface area (TPSA) is 108 Å². The van der Waals surface area contributed by atoms with E-state index in [-0.39, 0.29) is 18.3 Å². The number of nitrogens with zero attached hydrogens (tertiary/aromatic N) is 3. The average Bonchev–Trinajstić information content (AvgIpc) is 3.15. The number of anilines is 1. The average molecular weight is 378 g/mol. The number of aliphatic hydroxyl groups excluding tert-OH is 1. The summed E-state index contributed by atoms with van der Waals surface area (Å²) in [6, 6.07) is 1.82. The maximum absolute atomic E-state index is 12.0. The Labute approximate surface area is 157 Å². The molecule has 0 bridgehead atoms. The van der Waals surface area contributed by atoms with E-state index in [1.54, 1.807) is 20.8 Å². The van der Waals surface area contributed by atoms with Crippen molar-refractivity contribution in [3.8, 4) is 5.88 Å². The minimum atomic E-state index is -0.652. The Hall–Kier alpha value is -2.39. The molecular weight excluding hydrogens is 352 g/mol. The predicted molar refractivity (Wildman–Crippen MR) is 98.8 cm³/mol. The van der Waals surface area contributed by atoms with Crippen molar-refractivity contribution in [2.24, 2.45) is 0 Å². The number of nitrogens with one attached hydrogen (secondary N) is 1. The van der Waals surface area contributed by atoms with Gasteiger partial charge in [0.2, 0.25) is 11.8 Å². The lowest BCUT2D eigenvalue weighted by molar-refractivity contribution is -0.0180. The van der Waals surface area contributed by atoms with Crippen LogP contribution in [0.3, 0.4) is 0 Å². The van der Waals surface area contributed by atoms with E-state index in [9.17, 15) is 9.90 Å². The van der Waals surface area contributed by atoms with E-state index in [2.05, 4.69) is 15.3 Å². The Kier molecular flexibility index (Phi) is 5.25. The number of carbonyl (C=O) groups is 1. The number of rotatable bonds is 4. The van der Waals surface area contributed by atoms with Crippen LogP contribution >= 0.6 is 0 Å². The second kappa shape index (κ2) is 7.32. The lowest BCUT2D eigenvalue weighted by Gasteiger charge is -2.19. The van der Waals surface area contributed by atoms with Crippen molar-refractivity contribution in [2.75, 3.05) is 12.4 Å². The van der Waals surface area contributed by atoms with Crippen LogP contribution in [0.2, 0.25) is 0 Å². The van der Waals surface area contributed by atoms with Gasteiger partial charge < -0.3 is 23.9 Å². The monoisotopic (exact) mass is 378 g/mol. The molecule has 9 heteroatoms. The first-order valence-corrected chi connectivity index (χ1v) is 8.98. The van der Waals surface area contributed by atoms with E-state index in [0.29, 0.717) is 23.3 Å². The number of aliphatic hydroxyl groups is 1. The van der Waals surface area contributed by atoms with Crippen molar-refractivity contribution in [3.63, 3.8) is 0 Å². The maximum Gasteiger partial charge on any atom is 0.414 e. The van der Waals surface area contributed by atoms with Gasteiger partial charge in [0.25, 0.3) is 0 Å². The molecule has 148 valence electrons. The molecule has 0 radical (unpaired) electrons. The third-order valence-corrected chi connectivity index (χ3v) is 4.26. The molecule has 1 amide bonds. The molecule has 27 heavy (non-hydrogen) atoms. The van der Waals surface area contributed by atoms with Crippen LogP contribution in [0, 0.1) is 0 Å². The fourth-order valence-electron chi connectivity index (χ4n) is 3.10. The molecule has 1 fully saturated rings. The van der Waals surface area contributed by atoms with Crippen LogP contribution in [0.1, 0.15) is 46.8 Å². The van der Waals surface area contributed by atoms with Crippen LogP contribution in [-0.2, 0) is 9.47 Å². The van der Waals surface area contributed by atoms with Crippen LogP contribution in [0.4, 0.5) is 10.7 Å². The zero-order valence-corrected chi connectivity index (χ0v) is 16.2. The number of carbonyl (C=O) groups excluding carboxylic acids is 1. The molecule has 1 aliphatic rings. The second-order valence-electron chi connectivity index (χ2n) is 7.48. The van der Waals surface area contributed by atoms with Crippen molar-refractivity contribution in [1.82, 2.24) is 14.5 Å². The number of amides is 1. The first-order chi connectivity index (χ1) is 12.7. The molecule has 2 N–H and O–H groups in total. The Morgan fingerprint density at radius 2 is 2.19 bits per heavy atom. The van der Waals surface area contributed by atoms with Gasteiger partial charge in [-0.1, -0.05) is 6.92 Å². The zero-order valence-electron chi connectivity index (χ0n) is 16.2. The highest BCUT2D eigenvalue weighted by Gasteiger charge is 2.34. The minimum Gasteiger partial charge on any atom is -0.480 e. The Morgan fingerprint density at radius 3 is 2.78 bits per heavy atom. The number of methoxy groups -OCH3 is 1. The lowest BCUT2D eigenvalue weighted by atomic mass is 10.1. The van der Waals surface area contributed by atoms with Crippen molar-refractivity contribution in [2.45, 2.75) is 64.6 Å². The van der Waals surface area contributed by atoms with Gasteiger partial charge in [0.15, 0.2) is 5.65 Å². The Morgan fingerprint density at radius 1 is 1.44 bits per heavy atom. The molecule has 3 rings (SSSR count). The first kappa shape index (κ1) is 19.4. The Balaban J connectivity index is 1.93. The summed E-state index contributed by atoms with van der Waals surface area (Å²) in [6.45, 7) is 7.29. The van der Waals surface area contributed by atoms with E-state index in [4.69, 9.17) is 14.2 Å². The van der Waals surface area contributed by atoms with E-state index in [0.717, 1.165) is 6.42 Å². The maximum atomic E-state index is 12.0. The molecule has 0 saturated carbocycles. The number of fused-ring (bicyclic) bond motifs is 1. The van der Waals surface area contributed by atoms with E-state index in [1.165, 1.54) is 7.11 Å². The molecule has 2 aromatic rings. The molecule has 0 spiro atoms. The quantitative estimate of drug-likeness (QED) is 0.842. The molecule has 0 aliphatic carbocycles. The number of ether oxygens (including phenoxy) is 3. The SMILES string of the molecule is CC[C@H]1O[C@@H](n2ccc3c(OC)nc(NC(=O)OC(C)(C)C)nc32)C[C@H]1O. The predicted octanol–water partition coefficient (Wildman–Crippen LogP) is 2.85. The first-order valence-electron chi connectivity index (χ1n) is 8.98. The number of aromatic nitrogens is 3. The van der Waals surface area contributed by atoms with Gasteiger partial charge in [-0.2, -0.15) is 9.97 Å². The van der Waals surface area contributed by atoms with Gasteiger partial charge in [-0.25, -0.2) is 4.79 Å². The summed E-state index contributed by atoms with van der Waals surface area (Å²) in [5, 5.41) is 13.4. The molecule has 3 heterocycles. The van der Waals surface area contributed by atoms with Crippen molar-refractivity contribution in [3.05, 3.63) is 12.3 Å². The number of hydrogen-bond donors (Lipinski definition) is 2. The summed E-state index contributed by atoms with van der Waals surface area (Å²) >= 11 is 0. The molecule has 2 aromatic heterocycles. The van der Waals surface area contributed by atoms with Gasteiger partial charge in [-0.15, -0.1) is 0 Å². The lowest BCUT2D eigenvalue weighted by Crippen LogP contribution is -2.28. The van der Waals surface area contributed by atoms with Gasteiger partial charge in [-0.05, 0) is 33.3 Å². The normalized spacial score (nSPS) is 22.8. The van der Waals surface area contributed by atoms with Gasteiger partial charge in [-0.3, -0.25) is 5.32 Å². The van der Waals surface area contributed by atoms with Crippen molar-refractivity contribution >= 4 is 23.1 Å². The van der Waals surface area contributed by atoms with Gasteiger partial charge in [0, 0.05) is 12.6 Å². The second-order valence-corrected chi connectivity index (χ2v) is 7.48. The summed E-state index contributed by atoms with van der Waals surface area (Å²) in [4.78, 5) is 20.7. The van der Waals surface area contributed by atoms with Crippen LogP contribution in [-0.4, -0.2) is 50.7 Å². The fourth-order valence-corrected chi connectivity index (χ4v) is 3.10. The Bertz CT molecular complexity index is 829. The van der Waals surface area contributed by atoms with E-state index < -0.39 is 17.8 Å². The van der Waals surface area contributed by atoms with Gasteiger partial charge in [0.1, 0.15) is 11.8 Å². The molecule has 0 unspecified atom stereocenters.